The minimum Gasteiger partial charge on any atom is -0.456 e. The smallest absolute Gasteiger partial charge is 0.338 e. The van der Waals surface area contributed by atoms with Gasteiger partial charge in [-0.05, 0) is 31.9 Å². The Hall–Kier alpha value is -2.08. The van der Waals surface area contributed by atoms with E-state index in [0.29, 0.717) is 17.6 Å². The molecule has 0 radical (unpaired) electrons. The Morgan fingerprint density at radius 1 is 1.33 bits per heavy atom. The van der Waals surface area contributed by atoms with Gasteiger partial charge in [0.15, 0.2) is 0 Å². The molecule has 0 aliphatic heterocycles. The lowest BCUT2D eigenvalue weighted by molar-refractivity contribution is -0.147. The molecule has 3 heteroatoms. The highest BCUT2D eigenvalue weighted by Crippen LogP contribution is 2.18. The number of hydrogen-bond donors (Lipinski definition) is 0. The molecular formula is C15H17NO2. The Labute approximate surface area is 108 Å². The van der Waals surface area contributed by atoms with Gasteiger partial charge in [0.25, 0.3) is 0 Å². The second kappa shape index (κ2) is 5.50. The minimum absolute atomic E-state index is 0.327. The van der Waals surface area contributed by atoms with Gasteiger partial charge in [0.2, 0.25) is 0 Å². The Morgan fingerprint density at radius 2 is 1.89 bits per heavy atom. The lowest BCUT2D eigenvalue weighted by Gasteiger charge is -2.20. The number of carbonyl (C=O) groups excluding carboxylic acids is 1. The highest BCUT2D eigenvalue weighted by atomic mass is 16.6. The zero-order chi connectivity index (χ0) is 13.8. The van der Waals surface area contributed by atoms with Crippen LogP contribution in [-0.2, 0) is 16.0 Å². The molecular weight excluding hydrogens is 226 g/mol. The molecule has 0 aromatic heterocycles. The van der Waals surface area contributed by atoms with Crippen molar-refractivity contribution in [2.24, 2.45) is 0 Å². The Morgan fingerprint density at radius 3 is 2.33 bits per heavy atom. The van der Waals surface area contributed by atoms with Crippen LogP contribution in [-0.4, -0.2) is 11.6 Å². The zero-order valence-electron chi connectivity index (χ0n) is 11.0. The fourth-order valence-corrected chi connectivity index (χ4v) is 1.37. The van der Waals surface area contributed by atoms with Crippen molar-refractivity contribution in [1.82, 2.24) is 0 Å². The minimum atomic E-state index is -0.527. The van der Waals surface area contributed by atoms with Gasteiger partial charge in [0.05, 0.1) is 18.1 Å². The van der Waals surface area contributed by atoms with Gasteiger partial charge in [-0.3, -0.25) is 0 Å². The standard InChI is InChI=1S/C15H17NO2/c1-11(14(17)18-15(2,3)4)13-7-5-12(6-8-13)9-10-16/h5-8H,1,9H2,2-4H3. The predicted molar refractivity (Wildman–Crippen MR) is 70.6 cm³/mol. The number of rotatable bonds is 3. The molecule has 0 unspecified atom stereocenters. The molecule has 0 bridgehead atoms. The molecule has 1 aromatic rings. The van der Waals surface area contributed by atoms with Crippen LogP contribution in [0.2, 0.25) is 0 Å². The number of ether oxygens (including phenoxy) is 1. The molecule has 1 aromatic carbocycles. The second-order valence-corrected chi connectivity index (χ2v) is 5.01. The van der Waals surface area contributed by atoms with Crippen LogP contribution in [0.3, 0.4) is 0 Å². The molecule has 0 saturated heterocycles. The van der Waals surface area contributed by atoms with Gasteiger partial charge >= 0.3 is 5.97 Å². The maximum absolute atomic E-state index is 11.8. The highest BCUT2D eigenvalue weighted by Gasteiger charge is 2.19. The first-order chi connectivity index (χ1) is 8.33. The molecule has 0 fully saturated rings. The van der Waals surface area contributed by atoms with Gasteiger partial charge in [-0.2, -0.15) is 5.26 Å². The maximum Gasteiger partial charge on any atom is 0.338 e. The fraction of sp³-hybridized carbons (Fsp3) is 0.333. The number of nitriles is 1. The first kappa shape index (κ1) is 14.0. The van der Waals surface area contributed by atoms with Crippen molar-refractivity contribution < 1.29 is 9.53 Å². The van der Waals surface area contributed by atoms with E-state index in [9.17, 15) is 4.79 Å². The van der Waals surface area contributed by atoms with E-state index in [0.717, 1.165) is 5.56 Å². The Bertz CT molecular complexity index is 487. The first-order valence-corrected chi connectivity index (χ1v) is 5.72. The molecule has 0 atom stereocenters. The lowest BCUT2D eigenvalue weighted by atomic mass is 10.0. The molecule has 0 heterocycles. The highest BCUT2D eigenvalue weighted by molar-refractivity contribution is 6.15. The largest absolute Gasteiger partial charge is 0.456 e. The fourth-order valence-electron chi connectivity index (χ4n) is 1.37. The lowest BCUT2D eigenvalue weighted by Crippen LogP contribution is -2.24. The Balaban J connectivity index is 2.79. The summed E-state index contributed by atoms with van der Waals surface area (Å²) < 4.78 is 5.24. The van der Waals surface area contributed by atoms with Crippen molar-refractivity contribution in [3.8, 4) is 6.07 Å². The number of esters is 1. The van der Waals surface area contributed by atoms with Crippen molar-refractivity contribution in [2.45, 2.75) is 32.8 Å². The average Bonchev–Trinajstić information content (AvgIpc) is 2.27. The number of nitrogens with zero attached hydrogens (tertiary/aromatic N) is 1. The van der Waals surface area contributed by atoms with Crippen LogP contribution in [0.5, 0.6) is 0 Å². The van der Waals surface area contributed by atoms with E-state index < -0.39 is 11.6 Å². The molecule has 0 amide bonds. The van der Waals surface area contributed by atoms with Crippen molar-refractivity contribution >= 4 is 11.5 Å². The van der Waals surface area contributed by atoms with Gasteiger partial charge in [-0.1, -0.05) is 30.8 Å². The van der Waals surface area contributed by atoms with Crippen molar-refractivity contribution in [1.29, 1.82) is 5.26 Å². The number of carbonyl (C=O) groups is 1. The van der Waals surface area contributed by atoms with Gasteiger partial charge in [0.1, 0.15) is 5.60 Å². The van der Waals surface area contributed by atoms with E-state index >= 15 is 0 Å². The summed E-state index contributed by atoms with van der Waals surface area (Å²) in [6, 6.07) is 9.25. The molecule has 18 heavy (non-hydrogen) atoms. The van der Waals surface area contributed by atoms with Gasteiger partial charge in [-0.25, -0.2) is 4.79 Å². The summed E-state index contributed by atoms with van der Waals surface area (Å²) in [6.45, 7) is 9.19. The summed E-state index contributed by atoms with van der Waals surface area (Å²) in [5.74, 6) is -0.421. The summed E-state index contributed by atoms with van der Waals surface area (Å²) >= 11 is 0. The number of benzene rings is 1. The average molecular weight is 243 g/mol. The summed E-state index contributed by atoms with van der Waals surface area (Å²) in [5.41, 5.74) is 1.43. The number of hydrogen-bond acceptors (Lipinski definition) is 3. The third-order valence-corrected chi connectivity index (χ3v) is 2.23. The quantitative estimate of drug-likeness (QED) is 0.605. The van der Waals surface area contributed by atoms with E-state index in [2.05, 4.69) is 12.6 Å². The summed E-state index contributed by atoms with van der Waals surface area (Å²) in [5, 5.41) is 8.57. The van der Waals surface area contributed by atoms with Crippen molar-refractivity contribution in [3.05, 3.63) is 42.0 Å². The Kier molecular flexibility index (Phi) is 4.28. The summed E-state index contributed by atoms with van der Waals surface area (Å²) in [4.78, 5) is 11.8. The van der Waals surface area contributed by atoms with Crippen molar-refractivity contribution in [2.75, 3.05) is 0 Å². The summed E-state index contributed by atoms with van der Waals surface area (Å²) in [7, 11) is 0. The third-order valence-electron chi connectivity index (χ3n) is 2.23. The van der Waals surface area contributed by atoms with Gasteiger partial charge < -0.3 is 4.74 Å². The second-order valence-electron chi connectivity index (χ2n) is 5.01. The monoisotopic (exact) mass is 243 g/mol. The van der Waals surface area contributed by atoms with Crippen LogP contribution in [0.15, 0.2) is 30.8 Å². The zero-order valence-corrected chi connectivity index (χ0v) is 11.0. The van der Waals surface area contributed by atoms with Crippen LogP contribution in [0.4, 0.5) is 0 Å². The SMILES string of the molecule is C=C(C(=O)OC(C)(C)C)c1ccc(CC#N)cc1. The van der Waals surface area contributed by atoms with Gasteiger partial charge in [-0.15, -0.1) is 0 Å². The van der Waals surface area contributed by atoms with E-state index in [1.807, 2.05) is 32.9 Å². The topological polar surface area (TPSA) is 50.1 Å². The van der Waals surface area contributed by atoms with Crippen LogP contribution in [0.25, 0.3) is 5.57 Å². The van der Waals surface area contributed by atoms with E-state index in [1.165, 1.54) is 0 Å². The summed E-state index contributed by atoms with van der Waals surface area (Å²) in [6.07, 6.45) is 0.360. The van der Waals surface area contributed by atoms with Crippen LogP contribution < -0.4 is 0 Å². The maximum atomic E-state index is 11.8. The predicted octanol–water partition coefficient (Wildman–Crippen LogP) is 3.11. The molecule has 0 N–H and O–H groups in total. The molecule has 94 valence electrons. The molecule has 0 saturated carbocycles. The molecule has 0 aliphatic carbocycles. The van der Waals surface area contributed by atoms with E-state index in [1.54, 1.807) is 12.1 Å². The van der Waals surface area contributed by atoms with Crippen LogP contribution in [0, 0.1) is 11.3 Å². The van der Waals surface area contributed by atoms with Crippen LogP contribution in [0.1, 0.15) is 31.9 Å². The normalized spacial score (nSPS) is 10.6. The third kappa shape index (κ3) is 4.06. The first-order valence-electron chi connectivity index (χ1n) is 5.72. The van der Waals surface area contributed by atoms with Crippen LogP contribution >= 0.6 is 0 Å². The molecule has 0 aliphatic rings. The van der Waals surface area contributed by atoms with Crippen molar-refractivity contribution in [3.63, 3.8) is 0 Å². The molecule has 1 rings (SSSR count). The van der Waals surface area contributed by atoms with Gasteiger partial charge in [0, 0.05) is 0 Å². The van der Waals surface area contributed by atoms with E-state index in [-0.39, 0.29) is 0 Å². The van der Waals surface area contributed by atoms with E-state index in [4.69, 9.17) is 10.00 Å². The molecule has 0 spiro atoms. The molecule has 3 nitrogen and oxygen atoms in total.